The highest BCUT2D eigenvalue weighted by Crippen LogP contribution is 2.30. The second-order valence-corrected chi connectivity index (χ2v) is 5.07. The average molecular weight is 223 g/mol. The van der Waals surface area contributed by atoms with Crippen molar-refractivity contribution in [3.8, 4) is 10.6 Å². The van der Waals surface area contributed by atoms with E-state index in [1.807, 2.05) is 11.7 Å². The highest BCUT2D eigenvalue weighted by Gasteiger charge is 2.22. The van der Waals surface area contributed by atoms with Crippen molar-refractivity contribution >= 4 is 27.8 Å². The van der Waals surface area contributed by atoms with Gasteiger partial charge in [0.1, 0.15) is 0 Å². The monoisotopic (exact) mass is 223 g/mol. The van der Waals surface area contributed by atoms with Crippen LogP contribution in [0.2, 0.25) is 0 Å². The second kappa shape index (κ2) is 3.33. The zero-order chi connectivity index (χ0) is 9.38. The van der Waals surface area contributed by atoms with Crippen LogP contribution in [-0.4, -0.2) is 16.0 Å². The van der Waals surface area contributed by atoms with E-state index in [9.17, 15) is 0 Å². The number of anilines is 1. The summed E-state index contributed by atoms with van der Waals surface area (Å²) in [6, 6.07) is 0.676. The predicted molar refractivity (Wildman–Crippen MR) is 59.9 cm³/mol. The molecule has 0 aliphatic heterocycles. The lowest BCUT2D eigenvalue weighted by molar-refractivity contribution is 1.14. The summed E-state index contributed by atoms with van der Waals surface area (Å²) in [5.74, 6) is 0. The van der Waals surface area contributed by atoms with Crippen LogP contribution in [0.1, 0.15) is 12.8 Å². The average Bonchev–Trinajstić information content (AvgIpc) is 2.71. The number of aromatic nitrogens is 2. The number of nitrogens with zero attached hydrogens (tertiary/aromatic N) is 2. The van der Waals surface area contributed by atoms with Crippen molar-refractivity contribution in [3.05, 3.63) is 17.1 Å². The molecule has 0 bridgehead atoms. The minimum Gasteiger partial charge on any atom is -0.359 e. The summed E-state index contributed by atoms with van der Waals surface area (Å²) in [6.07, 6.45) is 4.44. The fourth-order valence-corrected chi connectivity index (χ4v) is 2.64. The molecule has 0 spiro atoms. The van der Waals surface area contributed by atoms with E-state index in [2.05, 4.69) is 20.7 Å². The third-order valence-electron chi connectivity index (χ3n) is 2.09. The van der Waals surface area contributed by atoms with E-state index in [-0.39, 0.29) is 0 Å². The first kappa shape index (κ1) is 8.38. The van der Waals surface area contributed by atoms with Gasteiger partial charge in [0.2, 0.25) is 0 Å². The minimum atomic E-state index is 0.676. The molecule has 0 aromatic carbocycles. The highest BCUT2D eigenvalue weighted by atomic mass is 32.1. The van der Waals surface area contributed by atoms with Crippen LogP contribution in [0.15, 0.2) is 17.1 Å². The van der Waals surface area contributed by atoms with Gasteiger partial charge in [0.15, 0.2) is 5.13 Å². The van der Waals surface area contributed by atoms with Gasteiger partial charge in [-0.15, -0.1) is 22.7 Å². The summed E-state index contributed by atoms with van der Waals surface area (Å²) in [5, 5.41) is 6.51. The van der Waals surface area contributed by atoms with E-state index in [1.54, 1.807) is 22.7 Å². The molecule has 2 aromatic heterocycles. The van der Waals surface area contributed by atoms with Crippen molar-refractivity contribution in [1.82, 2.24) is 9.97 Å². The Hall–Kier alpha value is -0.940. The molecule has 2 aromatic rings. The molecular formula is C9H9N3S2. The molecule has 0 radical (unpaired) electrons. The molecular weight excluding hydrogens is 214 g/mol. The Bertz CT molecular complexity index is 417. The van der Waals surface area contributed by atoms with Crippen molar-refractivity contribution in [3.63, 3.8) is 0 Å². The quantitative estimate of drug-likeness (QED) is 0.869. The van der Waals surface area contributed by atoms with Gasteiger partial charge in [-0.3, -0.25) is 4.98 Å². The van der Waals surface area contributed by atoms with Gasteiger partial charge < -0.3 is 5.32 Å². The minimum absolute atomic E-state index is 0.676. The molecule has 1 fully saturated rings. The van der Waals surface area contributed by atoms with Crippen LogP contribution >= 0.6 is 22.7 Å². The summed E-state index contributed by atoms with van der Waals surface area (Å²) in [4.78, 5) is 9.70. The first-order valence-electron chi connectivity index (χ1n) is 4.53. The molecule has 0 amide bonds. The van der Waals surface area contributed by atoms with E-state index in [0.29, 0.717) is 6.04 Å². The lowest BCUT2D eigenvalue weighted by atomic mass is 10.4. The Balaban J connectivity index is 1.82. The summed E-state index contributed by atoms with van der Waals surface area (Å²) >= 11 is 3.30. The largest absolute Gasteiger partial charge is 0.359 e. The van der Waals surface area contributed by atoms with E-state index in [1.165, 1.54) is 12.8 Å². The number of thiazole rings is 2. The highest BCUT2D eigenvalue weighted by molar-refractivity contribution is 7.15. The van der Waals surface area contributed by atoms with Crippen LogP contribution in [0.25, 0.3) is 10.6 Å². The van der Waals surface area contributed by atoms with Gasteiger partial charge in [0.25, 0.3) is 0 Å². The molecule has 1 aliphatic rings. The summed E-state index contributed by atoms with van der Waals surface area (Å²) in [6.45, 7) is 0. The van der Waals surface area contributed by atoms with E-state index in [0.717, 1.165) is 15.7 Å². The van der Waals surface area contributed by atoms with Gasteiger partial charge in [-0.2, -0.15) is 0 Å². The van der Waals surface area contributed by atoms with Crippen molar-refractivity contribution in [2.45, 2.75) is 18.9 Å². The Labute approximate surface area is 89.8 Å². The summed E-state index contributed by atoms with van der Waals surface area (Å²) in [7, 11) is 0. The van der Waals surface area contributed by atoms with Crippen LogP contribution < -0.4 is 5.32 Å². The van der Waals surface area contributed by atoms with Crippen molar-refractivity contribution in [2.75, 3.05) is 5.32 Å². The number of hydrogen-bond acceptors (Lipinski definition) is 5. The standard InChI is InChI=1S/C9H9N3S2/c1-2-6(1)11-9-12-7(4-13-9)8-3-10-5-14-8/h3-6H,1-2H2,(H,11,12). The fraction of sp³-hybridized carbons (Fsp3) is 0.333. The fourth-order valence-electron chi connectivity index (χ4n) is 1.20. The van der Waals surface area contributed by atoms with Gasteiger partial charge in [-0.05, 0) is 12.8 Å². The van der Waals surface area contributed by atoms with Crippen LogP contribution in [0, 0.1) is 0 Å². The molecule has 2 heterocycles. The predicted octanol–water partition coefficient (Wildman–Crippen LogP) is 2.84. The van der Waals surface area contributed by atoms with Crippen LogP contribution in [0.3, 0.4) is 0 Å². The molecule has 1 aliphatic carbocycles. The molecule has 3 nitrogen and oxygen atoms in total. The maximum atomic E-state index is 4.51. The zero-order valence-electron chi connectivity index (χ0n) is 7.43. The molecule has 1 saturated carbocycles. The Morgan fingerprint density at radius 3 is 3.00 bits per heavy atom. The summed E-state index contributed by atoms with van der Waals surface area (Å²) < 4.78 is 0. The lowest BCUT2D eigenvalue weighted by Gasteiger charge is -1.95. The third-order valence-corrected chi connectivity index (χ3v) is 3.66. The second-order valence-electron chi connectivity index (χ2n) is 3.32. The molecule has 72 valence electrons. The van der Waals surface area contributed by atoms with Crippen molar-refractivity contribution < 1.29 is 0 Å². The van der Waals surface area contributed by atoms with Crippen LogP contribution in [0.4, 0.5) is 5.13 Å². The normalized spacial score (nSPS) is 15.7. The number of nitrogens with one attached hydrogen (secondary N) is 1. The van der Waals surface area contributed by atoms with E-state index in [4.69, 9.17) is 0 Å². The molecule has 0 atom stereocenters. The van der Waals surface area contributed by atoms with Crippen LogP contribution in [-0.2, 0) is 0 Å². The number of hydrogen-bond donors (Lipinski definition) is 1. The Morgan fingerprint density at radius 1 is 1.36 bits per heavy atom. The van der Waals surface area contributed by atoms with Gasteiger partial charge in [-0.1, -0.05) is 0 Å². The van der Waals surface area contributed by atoms with Gasteiger partial charge in [0.05, 0.1) is 16.1 Å². The third kappa shape index (κ3) is 1.65. The zero-order valence-corrected chi connectivity index (χ0v) is 9.07. The molecule has 14 heavy (non-hydrogen) atoms. The maximum Gasteiger partial charge on any atom is 0.183 e. The van der Waals surface area contributed by atoms with E-state index >= 15 is 0 Å². The molecule has 5 heteroatoms. The molecule has 0 unspecified atom stereocenters. The van der Waals surface area contributed by atoms with Gasteiger partial charge >= 0.3 is 0 Å². The smallest absolute Gasteiger partial charge is 0.183 e. The molecule has 3 rings (SSSR count). The Morgan fingerprint density at radius 2 is 2.29 bits per heavy atom. The first-order chi connectivity index (χ1) is 6.92. The lowest BCUT2D eigenvalue weighted by Crippen LogP contribution is -1.99. The van der Waals surface area contributed by atoms with Crippen molar-refractivity contribution in [1.29, 1.82) is 0 Å². The van der Waals surface area contributed by atoms with E-state index < -0.39 is 0 Å². The summed E-state index contributed by atoms with van der Waals surface area (Å²) in [5.41, 5.74) is 2.88. The topological polar surface area (TPSA) is 37.8 Å². The molecule has 1 N–H and O–H groups in total. The SMILES string of the molecule is c1ncc(-c2csc(NC3CC3)n2)s1. The van der Waals surface area contributed by atoms with Crippen molar-refractivity contribution in [2.24, 2.45) is 0 Å². The van der Waals surface area contributed by atoms with Gasteiger partial charge in [0, 0.05) is 17.6 Å². The maximum absolute atomic E-state index is 4.51. The van der Waals surface area contributed by atoms with Gasteiger partial charge in [-0.25, -0.2) is 4.98 Å². The number of rotatable bonds is 3. The first-order valence-corrected chi connectivity index (χ1v) is 6.29. The molecule has 0 saturated heterocycles. The van der Waals surface area contributed by atoms with Crippen LogP contribution in [0.5, 0.6) is 0 Å². The Kier molecular flexibility index (Phi) is 1.99.